The molecule has 0 radical (unpaired) electrons. The summed E-state index contributed by atoms with van der Waals surface area (Å²) in [6, 6.07) is 0. The Morgan fingerprint density at radius 3 is 2.69 bits per heavy atom. The van der Waals surface area contributed by atoms with Gasteiger partial charge in [-0.3, -0.25) is 0 Å². The summed E-state index contributed by atoms with van der Waals surface area (Å²) in [6.07, 6.45) is 1.98. The molecule has 0 rings (SSSR count). The van der Waals surface area contributed by atoms with Gasteiger partial charge >= 0.3 is 5.97 Å². The Bertz CT molecular complexity index is 170. The molecule has 0 aromatic carbocycles. The van der Waals surface area contributed by atoms with Crippen molar-refractivity contribution >= 4 is 23.2 Å². The molecule has 0 aromatic rings. The number of carboxylic acid groups (broad SMARTS) is 1. The first-order chi connectivity index (χ1) is 6.16. The molecule has 0 bridgehead atoms. The highest BCUT2D eigenvalue weighted by Crippen LogP contribution is 1.91. The van der Waals surface area contributed by atoms with Crippen molar-refractivity contribution in [3.8, 4) is 0 Å². The smallest absolute Gasteiger partial charge is 0.329 e. The lowest BCUT2D eigenvalue weighted by Crippen LogP contribution is -2.15. The highest BCUT2D eigenvalue weighted by Gasteiger charge is 2.00. The second-order valence-corrected chi connectivity index (χ2v) is 2.92. The summed E-state index contributed by atoms with van der Waals surface area (Å²) in [5.41, 5.74) is 0. The van der Waals surface area contributed by atoms with E-state index in [2.05, 4.69) is 0 Å². The van der Waals surface area contributed by atoms with Gasteiger partial charge in [0.15, 0.2) is 5.05 Å². The molecule has 0 aliphatic carbocycles. The van der Waals surface area contributed by atoms with Crippen LogP contribution in [0.5, 0.6) is 0 Å². The van der Waals surface area contributed by atoms with Gasteiger partial charge in [-0.05, 0) is 18.6 Å². The van der Waals surface area contributed by atoms with Crippen LogP contribution in [-0.2, 0) is 14.3 Å². The Kier molecular flexibility index (Phi) is 7.53. The van der Waals surface area contributed by atoms with E-state index in [0.717, 1.165) is 12.8 Å². The minimum atomic E-state index is -1.00. The van der Waals surface area contributed by atoms with E-state index in [4.69, 9.17) is 26.8 Å². The largest absolute Gasteiger partial charge is 0.485 e. The molecule has 0 unspecified atom stereocenters. The van der Waals surface area contributed by atoms with Gasteiger partial charge in [-0.2, -0.15) is 0 Å². The first-order valence-electron chi connectivity index (χ1n) is 4.12. The lowest BCUT2D eigenvalue weighted by Gasteiger charge is -2.05. The average Bonchev–Trinajstić information content (AvgIpc) is 2.04. The van der Waals surface area contributed by atoms with Crippen LogP contribution >= 0.6 is 12.2 Å². The van der Waals surface area contributed by atoms with E-state index in [-0.39, 0.29) is 13.2 Å². The Morgan fingerprint density at radius 1 is 1.46 bits per heavy atom. The van der Waals surface area contributed by atoms with Crippen LogP contribution in [0.4, 0.5) is 0 Å². The van der Waals surface area contributed by atoms with E-state index in [9.17, 15) is 4.79 Å². The van der Waals surface area contributed by atoms with Crippen molar-refractivity contribution in [3.63, 3.8) is 0 Å². The third-order valence-corrected chi connectivity index (χ3v) is 1.44. The summed E-state index contributed by atoms with van der Waals surface area (Å²) in [5, 5.41) is 8.55. The molecule has 0 atom stereocenters. The minimum Gasteiger partial charge on any atom is -0.485 e. The molecule has 0 spiro atoms. The summed E-state index contributed by atoms with van der Waals surface area (Å²) in [6.45, 7) is 2.36. The van der Waals surface area contributed by atoms with E-state index >= 15 is 0 Å². The number of unbranched alkanes of at least 4 members (excludes halogenated alkanes) is 1. The van der Waals surface area contributed by atoms with E-state index in [1.54, 1.807) is 0 Å². The van der Waals surface area contributed by atoms with E-state index in [1.807, 2.05) is 6.92 Å². The number of ether oxygens (including phenoxy) is 2. The quantitative estimate of drug-likeness (QED) is 0.501. The normalized spacial score (nSPS) is 9.62. The van der Waals surface area contributed by atoms with E-state index < -0.39 is 5.97 Å². The molecular weight excluding hydrogens is 192 g/mol. The maximum atomic E-state index is 10.0. The molecule has 0 saturated carbocycles. The van der Waals surface area contributed by atoms with Gasteiger partial charge in [0.05, 0.1) is 6.61 Å². The molecule has 76 valence electrons. The third kappa shape index (κ3) is 9.23. The van der Waals surface area contributed by atoms with E-state index in [0.29, 0.717) is 11.7 Å². The van der Waals surface area contributed by atoms with Gasteiger partial charge in [0, 0.05) is 0 Å². The van der Waals surface area contributed by atoms with Crippen LogP contribution in [0, 0.1) is 0 Å². The van der Waals surface area contributed by atoms with Crippen LogP contribution < -0.4 is 0 Å². The van der Waals surface area contributed by atoms with Crippen molar-refractivity contribution < 1.29 is 19.4 Å². The zero-order valence-corrected chi connectivity index (χ0v) is 8.43. The molecule has 0 fully saturated rings. The van der Waals surface area contributed by atoms with Gasteiger partial charge in [-0.1, -0.05) is 13.3 Å². The SMILES string of the molecule is CCCCOC(=S)COCC(=O)O. The van der Waals surface area contributed by atoms with Crippen LogP contribution in [-0.4, -0.2) is 35.9 Å². The second kappa shape index (κ2) is 7.94. The highest BCUT2D eigenvalue weighted by atomic mass is 32.1. The van der Waals surface area contributed by atoms with Crippen LogP contribution in [0.25, 0.3) is 0 Å². The zero-order valence-electron chi connectivity index (χ0n) is 7.62. The summed E-state index contributed by atoms with van der Waals surface area (Å²) < 4.78 is 9.80. The molecule has 0 aliphatic rings. The first kappa shape index (κ1) is 12.3. The summed E-state index contributed by atoms with van der Waals surface area (Å²) in [7, 11) is 0. The molecule has 0 saturated heterocycles. The van der Waals surface area contributed by atoms with Crippen molar-refractivity contribution in [2.24, 2.45) is 0 Å². The monoisotopic (exact) mass is 206 g/mol. The second-order valence-electron chi connectivity index (χ2n) is 2.46. The van der Waals surface area contributed by atoms with Crippen molar-refractivity contribution in [1.82, 2.24) is 0 Å². The van der Waals surface area contributed by atoms with Crippen molar-refractivity contribution in [1.29, 1.82) is 0 Å². The Labute approximate surface area is 82.8 Å². The number of thiocarbonyl (C=S) groups is 1. The molecule has 0 aliphatic heterocycles. The number of carbonyl (C=O) groups is 1. The van der Waals surface area contributed by atoms with Crippen molar-refractivity contribution in [2.45, 2.75) is 19.8 Å². The molecule has 0 aromatic heterocycles. The first-order valence-corrected chi connectivity index (χ1v) is 4.52. The van der Waals surface area contributed by atoms with Gasteiger partial charge in [0.25, 0.3) is 0 Å². The number of hydrogen-bond acceptors (Lipinski definition) is 4. The molecule has 13 heavy (non-hydrogen) atoms. The molecule has 1 N–H and O–H groups in total. The number of rotatable bonds is 7. The van der Waals surface area contributed by atoms with Crippen LogP contribution in [0.3, 0.4) is 0 Å². The molecular formula is C8H14O4S. The Hall–Kier alpha value is -0.680. The van der Waals surface area contributed by atoms with Crippen molar-refractivity contribution in [2.75, 3.05) is 19.8 Å². The maximum Gasteiger partial charge on any atom is 0.329 e. The lowest BCUT2D eigenvalue weighted by molar-refractivity contribution is -0.141. The number of aliphatic carboxylic acids is 1. The van der Waals surface area contributed by atoms with E-state index in [1.165, 1.54) is 0 Å². The fourth-order valence-electron chi connectivity index (χ4n) is 0.594. The zero-order chi connectivity index (χ0) is 10.1. The molecule has 0 heterocycles. The highest BCUT2D eigenvalue weighted by molar-refractivity contribution is 7.80. The summed E-state index contributed by atoms with van der Waals surface area (Å²) in [5.74, 6) is -1.00. The van der Waals surface area contributed by atoms with Crippen LogP contribution in [0.1, 0.15) is 19.8 Å². The van der Waals surface area contributed by atoms with Gasteiger partial charge in [-0.15, -0.1) is 0 Å². The minimum absolute atomic E-state index is 0.0747. The fourth-order valence-corrected chi connectivity index (χ4v) is 0.760. The summed E-state index contributed by atoms with van der Waals surface area (Å²) >= 11 is 4.78. The summed E-state index contributed by atoms with van der Waals surface area (Å²) in [4.78, 5) is 10.0. The molecule has 0 amide bonds. The predicted octanol–water partition coefficient (Wildman–Crippen LogP) is 1.23. The third-order valence-electron chi connectivity index (χ3n) is 1.21. The van der Waals surface area contributed by atoms with Gasteiger partial charge in [-0.25, -0.2) is 4.79 Å². The van der Waals surface area contributed by atoms with Gasteiger partial charge in [0.1, 0.15) is 13.2 Å². The van der Waals surface area contributed by atoms with Crippen LogP contribution in [0.15, 0.2) is 0 Å². The van der Waals surface area contributed by atoms with Gasteiger partial charge < -0.3 is 14.6 Å². The fraction of sp³-hybridized carbons (Fsp3) is 0.750. The van der Waals surface area contributed by atoms with Gasteiger partial charge in [0.2, 0.25) is 0 Å². The Morgan fingerprint density at radius 2 is 2.15 bits per heavy atom. The van der Waals surface area contributed by atoms with Crippen LogP contribution in [0.2, 0.25) is 0 Å². The standard InChI is InChI=1S/C8H14O4S/c1-2-3-4-12-8(13)6-11-5-7(9)10/h2-6H2,1H3,(H,9,10). The number of hydrogen-bond donors (Lipinski definition) is 1. The average molecular weight is 206 g/mol. The molecule has 5 heteroatoms. The predicted molar refractivity (Wildman–Crippen MR) is 51.9 cm³/mol. The molecule has 4 nitrogen and oxygen atoms in total. The maximum absolute atomic E-state index is 10.0. The topological polar surface area (TPSA) is 55.8 Å². The lowest BCUT2D eigenvalue weighted by atomic mass is 10.4. The van der Waals surface area contributed by atoms with Crippen molar-refractivity contribution in [3.05, 3.63) is 0 Å². The number of carboxylic acids is 1. The Balaban J connectivity index is 3.25.